The topological polar surface area (TPSA) is 62.2 Å². The molecule has 0 aromatic heterocycles. The lowest BCUT2D eigenvalue weighted by molar-refractivity contribution is -0.133. The van der Waals surface area contributed by atoms with Crippen LogP contribution in [0.25, 0.3) is 0 Å². The number of ketones is 1. The van der Waals surface area contributed by atoms with Crippen molar-refractivity contribution in [1.82, 2.24) is 9.80 Å². The lowest BCUT2D eigenvalue weighted by Gasteiger charge is -2.52. The fraction of sp³-hybridized carbons (Fsp3) is 0.639. The van der Waals surface area contributed by atoms with Crippen molar-refractivity contribution in [2.45, 2.75) is 107 Å². The zero-order valence-electron chi connectivity index (χ0n) is 26.7. The Kier molecular flexibility index (Phi) is 6.45. The van der Waals surface area contributed by atoms with Gasteiger partial charge in [0.15, 0.2) is 11.9 Å². The predicted octanol–water partition coefficient (Wildman–Crippen LogP) is 4.75. The average Bonchev–Trinajstić information content (AvgIpc) is 3.45. The predicted molar refractivity (Wildman–Crippen MR) is 165 cm³/mol. The van der Waals surface area contributed by atoms with Crippen molar-refractivity contribution in [1.29, 1.82) is 0 Å². The maximum absolute atomic E-state index is 12.5. The molecule has 2 aromatic rings. The minimum Gasteiger partial charge on any atom is -0.486 e. The highest BCUT2D eigenvalue weighted by Gasteiger charge is 2.62. The molecule has 0 saturated heterocycles. The van der Waals surface area contributed by atoms with Crippen molar-refractivity contribution in [3.8, 4) is 11.5 Å². The van der Waals surface area contributed by atoms with Crippen molar-refractivity contribution >= 4 is 5.78 Å². The van der Waals surface area contributed by atoms with Crippen LogP contribution in [0.4, 0.5) is 0 Å². The molecule has 0 amide bonds. The number of ether oxygens (including phenoxy) is 2. The van der Waals surface area contributed by atoms with Crippen LogP contribution < -0.4 is 9.47 Å². The molecule has 9 atom stereocenters. The van der Waals surface area contributed by atoms with Gasteiger partial charge < -0.3 is 24.4 Å². The molecule has 2 fully saturated rings. The number of carbonyl (C=O) groups is 1. The number of hydrogen-bond acceptors (Lipinski definition) is 6. The second kappa shape index (κ2) is 9.54. The maximum atomic E-state index is 12.5. The third-order valence-electron chi connectivity index (χ3n) is 12.3. The van der Waals surface area contributed by atoms with Gasteiger partial charge in [0, 0.05) is 40.5 Å². The summed E-state index contributed by atoms with van der Waals surface area (Å²) in [5.74, 6) is 3.41. The molecule has 6 nitrogen and oxygen atoms in total. The van der Waals surface area contributed by atoms with Crippen LogP contribution in [0.3, 0.4) is 0 Å². The van der Waals surface area contributed by atoms with Crippen molar-refractivity contribution < 1.29 is 19.4 Å². The Bertz CT molecular complexity index is 1450. The summed E-state index contributed by atoms with van der Waals surface area (Å²) < 4.78 is 12.5. The lowest BCUT2D eigenvalue weighted by Crippen LogP contribution is -2.60. The first-order chi connectivity index (χ1) is 19.9. The zero-order valence-corrected chi connectivity index (χ0v) is 26.7. The molecule has 4 aliphatic carbocycles. The molecule has 6 heteroatoms. The van der Waals surface area contributed by atoms with Gasteiger partial charge in [-0.2, -0.15) is 0 Å². The minimum atomic E-state index is -0.341. The number of aliphatic hydroxyl groups excluding tert-OH is 1. The van der Waals surface area contributed by atoms with Gasteiger partial charge in [-0.05, 0) is 108 Å². The van der Waals surface area contributed by atoms with Gasteiger partial charge in [0.05, 0.1) is 6.10 Å². The molecule has 1 N–H and O–H groups in total. The molecule has 8 rings (SSSR count). The highest BCUT2D eigenvalue weighted by Crippen LogP contribution is 2.60. The number of aryl methyl sites for hydroxylation is 2. The van der Waals surface area contributed by atoms with E-state index in [1.54, 1.807) is 0 Å². The molecule has 2 unspecified atom stereocenters. The van der Waals surface area contributed by atoms with Gasteiger partial charge in [0.1, 0.15) is 17.6 Å². The molecule has 226 valence electrons. The Morgan fingerprint density at radius 3 is 1.86 bits per heavy atom. The van der Waals surface area contributed by atoms with Crippen LogP contribution in [0.2, 0.25) is 0 Å². The molecule has 0 bridgehead atoms. The largest absolute Gasteiger partial charge is 0.486 e. The standard InChI is InChI=1S/C18H25NO2.C18H23NO2/c2*1-10-5-6-11-9-13(19(3)4)12-7-8-14(20)17-18(12,2)15(11)16(10)21-17/h5-6,12-14,17,20H,7-9H2,1-4H3;5-6,12-13,17H,7-9H2,1-4H3/t12?,13-,14+,17+,18+;12?,13-,17+,18+/m11/s1. The first-order valence-electron chi connectivity index (χ1n) is 16.0. The monoisotopic (exact) mass is 572 g/mol. The molecule has 0 radical (unpaired) electrons. The van der Waals surface area contributed by atoms with Gasteiger partial charge in [0.2, 0.25) is 0 Å². The van der Waals surface area contributed by atoms with Crippen LogP contribution in [-0.4, -0.2) is 79.3 Å². The molecule has 2 aliphatic heterocycles. The van der Waals surface area contributed by atoms with E-state index in [1.807, 2.05) is 0 Å². The summed E-state index contributed by atoms with van der Waals surface area (Å²) in [5.41, 5.74) is 7.73. The summed E-state index contributed by atoms with van der Waals surface area (Å²) in [6, 6.07) is 9.88. The summed E-state index contributed by atoms with van der Waals surface area (Å²) in [7, 11) is 8.69. The van der Waals surface area contributed by atoms with E-state index in [1.165, 1.54) is 33.4 Å². The number of carbonyl (C=O) groups excluding carboxylic acids is 1. The fourth-order valence-electron chi connectivity index (χ4n) is 10.2. The molecule has 2 aromatic carbocycles. The van der Waals surface area contributed by atoms with Gasteiger partial charge in [0.25, 0.3) is 0 Å². The number of nitrogens with zero attached hydrogens (tertiary/aromatic N) is 2. The quantitative estimate of drug-likeness (QED) is 0.561. The minimum absolute atomic E-state index is 0.0401. The van der Waals surface area contributed by atoms with Gasteiger partial charge in [-0.25, -0.2) is 0 Å². The number of likely N-dealkylation sites (N-methyl/N-ethyl adjacent to an activating group) is 2. The maximum Gasteiger partial charge on any atom is 0.174 e. The molecule has 2 saturated carbocycles. The van der Waals surface area contributed by atoms with Crippen LogP contribution >= 0.6 is 0 Å². The second-order valence-corrected chi connectivity index (χ2v) is 14.9. The number of aliphatic hydroxyl groups is 1. The van der Waals surface area contributed by atoms with Crippen LogP contribution in [0.15, 0.2) is 24.3 Å². The molecular weight excluding hydrogens is 524 g/mol. The normalized spacial score (nSPS) is 38.4. The second-order valence-electron chi connectivity index (χ2n) is 14.9. The van der Waals surface area contributed by atoms with E-state index in [4.69, 9.17) is 9.47 Å². The summed E-state index contributed by atoms with van der Waals surface area (Å²) in [6.07, 6.45) is 5.09. The zero-order chi connectivity index (χ0) is 29.9. The van der Waals surface area contributed by atoms with E-state index in [0.29, 0.717) is 30.3 Å². The van der Waals surface area contributed by atoms with Crippen LogP contribution in [-0.2, 0) is 28.5 Å². The Balaban J connectivity index is 0.000000137. The van der Waals surface area contributed by atoms with E-state index in [0.717, 1.165) is 43.6 Å². The number of benzene rings is 2. The SMILES string of the molecule is Cc1ccc2c3c1O[C@H]1C(=O)CCC([C@H](N(C)C)C2)[C@@]31C.Cc1ccc2c3c1O[C@H]1[C@@H](O)CCC([C@H](N(C)C)C2)[C@@]31C. The molecule has 6 aliphatic rings. The number of hydrogen-bond donors (Lipinski definition) is 1. The smallest absolute Gasteiger partial charge is 0.174 e. The van der Waals surface area contributed by atoms with Gasteiger partial charge in [-0.15, -0.1) is 0 Å². The highest BCUT2D eigenvalue weighted by molar-refractivity contribution is 5.88. The van der Waals surface area contributed by atoms with E-state index >= 15 is 0 Å². The molecule has 0 spiro atoms. The van der Waals surface area contributed by atoms with Gasteiger partial charge in [-0.3, -0.25) is 4.79 Å². The number of rotatable bonds is 2. The Labute approximate surface area is 251 Å². The molecular formula is C36H48N2O4. The van der Waals surface area contributed by atoms with Crippen molar-refractivity contribution in [3.05, 3.63) is 57.6 Å². The summed E-state index contributed by atoms with van der Waals surface area (Å²) in [4.78, 5) is 17.2. The summed E-state index contributed by atoms with van der Waals surface area (Å²) >= 11 is 0. The van der Waals surface area contributed by atoms with Crippen LogP contribution in [0.1, 0.15) is 72.9 Å². The van der Waals surface area contributed by atoms with Crippen molar-refractivity contribution in [2.24, 2.45) is 11.8 Å². The van der Waals surface area contributed by atoms with Crippen molar-refractivity contribution in [2.75, 3.05) is 28.2 Å². The van der Waals surface area contributed by atoms with E-state index in [2.05, 4.69) is 90.0 Å². The van der Waals surface area contributed by atoms with E-state index in [9.17, 15) is 9.90 Å². The molecule has 2 heterocycles. The summed E-state index contributed by atoms with van der Waals surface area (Å²) in [6.45, 7) is 8.81. The highest BCUT2D eigenvalue weighted by atomic mass is 16.5. The van der Waals surface area contributed by atoms with Gasteiger partial charge in [-0.1, -0.05) is 38.1 Å². The third-order valence-corrected chi connectivity index (χ3v) is 12.3. The Morgan fingerprint density at radius 2 is 1.29 bits per heavy atom. The summed E-state index contributed by atoms with van der Waals surface area (Å²) in [5, 5.41) is 10.5. The van der Waals surface area contributed by atoms with Crippen LogP contribution in [0.5, 0.6) is 11.5 Å². The van der Waals surface area contributed by atoms with E-state index < -0.39 is 0 Å². The first kappa shape index (κ1) is 28.4. The average molecular weight is 573 g/mol. The van der Waals surface area contributed by atoms with Crippen molar-refractivity contribution in [3.63, 3.8) is 0 Å². The number of Topliss-reactive ketones (excluding diaryl/α,β-unsaturated/α-hetero) is 1. The molecule has 42 heavy (non-hydrogen) atoms. The Morgan fingerprint density at radius 1 is 0.762 bits per heavy atom. The van der Waals surface area contributed by atoms with Crippen LogP contribution in [0, 0.1) is 25.7 Å². The fourth-order valence-corrected chi connectivity index (χ4v) is 10.2. The third kappa shape index (κ3) is 3.64. The van der Waals surface area contributed by atoms with E-state index in [-0.39, 0.29) is 34.9 Å². The Hall–Kier alpha value is -2.41. The first-order valence-corrected chi connectivity index (χ1v) is 16.0. The van der Waals surface area contributed by atoms with Gasteiger partial charge >= 0.3 is 0 Å². The lowest BCUT2D eigenvalue weighted by atomic mass is 9.55.